The molecule has 0 fully saturated rings. The topological polar surface area (TPSA) is 37.0 Å². The highest BCUT2D eigenvalue weighted by molar-refractivity contribution is 7.80. The molecule has 0 bridgehead atoms. The molecular formula is C16H19N3S. The van der Waals surface area contributed by atoms with Crippen LogP contribution >= 0.6 is 12.2 Å². The van der Waals surface area contributed by atoms with E-state index in [0.29, 0.717) is 11.0 Å². The lowest BCUT2D eigenvalue weighted by Gasteiger charge is -2.15. The van der Waals surface area contributed by atoms with E-state index in [2.05, 4.69) is 46.8 Å². The van der Waals surface area contributed by atoms with E-state index in [4.69, 9.17) is 12.2 Å². The lowest BCUT2D eigenvalue weighted by Crippen LogP contribution is -2.31. The molecule has 0 aliphatic rings. The molecular weight excluding hydrogens is 266 g/mol. The third kappa shape index (κ3) is 4.31. The maximum Gasteiger partial charge on any atom is 0.171 e. The summed E-state index contributed by atoms with van der Waals surface area (Å²) in [5, 5.41) is 6.91. The molecule has 0 aliphatic heterocycles. The number of aromatic nitrogens is 1. The van der Waals surface area contributed by atoms with Gasteiger partial charge < -0.3 is 10.6 Å². The molecule has 20 heavy (non-hydrogen) atoms. The summed E-state index contributed by atoms with van der Waals surface area (Å²) in [5.74, 6) is 1.17. The zero-order valence-corrected chi connectivity index (χ0v) is 12.6. The van der Waals surface area contributed by atoms with Gasteiger partial charge >= 0.3 is 0 Å². The van der Waals surface area contributed by atoms with E-state index in [9.17, 15) is 0 Å². The Morgan fingerprint density at radius 3 is 2.60 bits per heavy atom. The van der Waals surface area contributed by atoms with Crippen molar-refractivity contribution in [3.8, 4) is 0 Å². The lowest BCUT2D eigenvalue weighted by molar-refractivity contribution is 0.723. The first-order valence-corrected chi connectivity index (χ1v) is 7.08. The molecule has 0 amide bonds. The van der Waals surface area contributed by atoms with E-state index in [-0.39, 0.29) is 0 Å². The zero-order chi connectivity index (χ0) is 14.4. The summed E-state index contributed by atoms with van der Waals surface area (Å²) in [6.45, 7) is 4.98. The van der Waals surface area contributed by atoms with Crippen LogP contribution in [0, 0.1) is 6.92 Å². The quantitative estimate of drug-likeness (QED) is 0.843. The summed E-state index contributed by atoms with van der Waals surface area (Å²) in [7, 11) is 0. The predicted octanol–water partition coefficient (Wildman–Crippen LogP) is 3.48. The van der Waals surface area contributed by atoms with E-state index in [1.54, 1.807) is 0 Å². The Bertz CT molecular complexity index is 552. The molecule has 0 spiro atoms. The Morgan fingerprint density at radius 2 is 1.95 bits per heavy atom. The Kier molecular flexibility index (Phi) is 5.07. The summed E-state index contributed by atoms with van der Waals surface area (Å²) >= 11 is 5.27. The van der Waals surface area contributed by atoms with E-state index in [0.717, 1.165) is 17.9 Å². The average Bonchev–Trinajstić information content (AvgIpc) is 2.48. The summed E-state index contributed by atoms with van der Waals surface area (Å²) in [5.41, 5.74) is 2.43. The number of aryl methyl sites for hydroxylation is 1. The van der Waals surface area contributed by atoms with Crippen molar-refractivity contribution in [2.75, 3.05) is 11.9 Å². The second-order valence-corrected chi connectivity index (χ2v) is 5.28. The average molecular weight is 285 g/mol. The highest BCUT2D eigenvalue weighted by atomic mass is 32.1. The molecule has 1 aromatic carbocycles. The Morgan fingerprint density at radius 1 is 1.20 bits per heavy atom. The van der Waals surface area contributed by atoms with Gasteiger partial charge in [0.1, 0.15) is 5.82 Å². The monoisotopic (exact) mass is 285 g/mol. The summed E-state index contributed by atoms with van der Waals surface area (Å²) in [6, 6.07) is 14.3. The molecule has 0 saturated heterocycles. The normalized spacial score (nSPS) is 11.7. The fourth-order valence-corrected chi connectivity index (χ4v) is 2.04. The molecule has 1 heterocycles. The molecule has 1 atom stereocenters. The first-order valence-electron chi connectivity index (χ1n) is 6.67. The minimum Gasteiger partial charge on any atom is -0.362 e. The fourth-order valence-electron chi connectivity index (χ4n) is 1.85. The Balaban J connectivity index is 1.82. The van der Waals surface area contributed by atoms with Crippen molar-refractivity contribution < 1.29 is 0 Å². The molecule has 2 aromatic rings. The molecule has 0 unspecified atom stereocenters. The number of pyridine rings is 1. The van der Waals surface area contributed by atoms with Gasteiger partial charge in [0.2, 0.25) is 0 Å². The number of hydrogen-bond donors (Lipinski definition) is 2. The van der Waals surface area contributed by atoms with Crippen molar-refractivity contribution >= 4 is 23.1 Å². The van der Waals surface area contributed by atoms with Gasteiger partial charge in [-0.05, 0) is 42.3 Å². The molecule has 1 aromatic heterocycles. The van der Waals surface area contributed by atoms with Crippen molar-refractivity contribution in [3.63, 3.8) is 0 Å². The van der Waals surface area contributed by atoms with Gasteiger partial charge in [0, 0.05) is 12.7 Å². The van der Waals surface area contributed by atoms with Crippen LogP contribution in [-0.4, -0.2) is 16.6 Å². The largest absolute Gasteiger partial charge is 0.362 e. The van der Waals surface area contributed by atoms with Crippen LogP contribution in [0.1, 0.15) is 24.0 Å². The van der Waals surface area contributed by atoms with Crippen molar-refractivity contribution in [2.24, 2.45) is 0 Å². The van der Waals surface area contributed by atoms with Gasteiger partial charge in [0.25, 0.3) is 0 Å². The number of anilines is 1. The van der Waals surface area contributed by atoms with Gasteiger partial charge in [-0.2, -0.15) is 0 Å². The molecule has 3 nitrogen and oxygen atoms in total. The fraction of sp³-hybridized carbons (Fsp3) is 0.250. The van der Waals surface area contributed by atoms with Crippen LogP contribution in [0.15, 0.2) is 48.7 Å². The van der Waals surface area contributed by atoms with Crippen LogP contribution in [0.3, 0.4) is 0 Å². The molecule has 4 heteroatoms. The van der Waals surface area contributed by atoms with Crippen molar-refractivity contribution in [1.29, 1.82) is 0 Å². The number of hydrogen-bond acceptors (Lipinski definition) is 2. The van der Waals surface area contributed by atoms with Crippen LogP contribution < -0.4 is 10.6 Å². The maximum absolute atomic E-state index is 5.27. The third-order valence-electron chi connectivity index (χ3n) is 3.09. The van der Waals surface area contributed by atoms with Crippen LogP contribution in [0.4, 0.5) is 5.82 Å². The van der Waals surface area contributed by atoms with Gasteiger partial charge in [0.05, 0.1) is 0 Å². The second-order valence-electron chi connectivity index (χ2n) is 4.87. The lowest BCUT2D eigenvalue weighted by atomic mass is 10.0. The predicted molar refractivity (Wildman–Crippen MR) is 88.1 cm³/mol. The highest BCUT2D eigenvalue weighted by Gasteiger charge is 2.05. The summed E-state index contributed by atoms with van der Waals surface area (Å²) < 4.78 is 0. The number of nitrogens with zero attached hydrogens (tertiary/aromatic N) is 1. The van der Waals surface area contributed by atoms with Crippen molar-refractivity contribution in [2.45, 2.75) is 19.8 Å². The first-order chi connectivity index (χ1) is 9.65. The Hall–Kier alpha value is -1.94. The first kappa shape index (κ1) is 14.5. The number of benzene rings is 1. The van der Waals surface area contributed by atoms with Gasteiger partial charge in [-0.15, -0.1) is 0 Å². The SMILES string of the molecule is Cc1ccc(NC(=S)NC[C@@H](C)c2ccccc2)nc1. The van der Waals surface area contributed by atoms with E-state index in [1.165, 1.54) is 5.56 Å². The smallest absolute Gasteiger partial charge is 0.171 e. The van der Waals surface area contributed by atoms with Crippen LogP contribution in [0.2, 0.25) is 0 Å². The minimum atomic E-state index is 0.405. The van der Waals surface area contributed by atoms with Gasteiger partial charge in [-0.3, -0.25) is 0 Å². The number of rotatable bonds is 4. The van der Waals surface area contributed by atoms with E-state index in [1.807, 2.05) is 31.3 Å². The summed E-state index contributed by atoms with van der Waals surface area (Å²) in [6.07, 6.45) is 1.82. The van der Waals surface area contributed by atoms with E-state index < -0.39 is 0 Å². The van der Waals surface area contributed by atoms with Gasteiger partial charge in [0.15, 0.2) is 5.11 Å². The number of nitrogens with one attached hydrogen (secondary N) is 2. The second kappa shape index (κ2) is 7.01. The molecule has 104 valence electrons. The van der Waals surface area contributed by atoms with Crippen molar-refractivity contribution in [1.82, 2.24) is 10.3 Å². The van der Waals surface area contributed by atoms with Crippen LogP contribution in [0.25, 0.3) is 0 Å². The molecule has 0 aliphatic carbocycles. The molecule has 0 radical (unpaired) electrons. The van der Waals surface area contributed by atoms with Crippen LogP contribution in [0.5, 0.6) is 0 Å². The highest BCUT2D eigenvalue weighted by Crippen LogP contribution is 2.13. The Labute approximate surface area is 125 Å². The van der Waals surface area contributed by atoms with E-state index >= 15 is 0 Å². The minimum absolute atomic E-state index is 0.405. The third-order valence-corrected chi connectivity index (χ3v) is 3.34. The van der Waals surface area contributed by atoms with Gasteiger partial charge in [-0.25, -0.2) is 4.98 Å². The molecule has 2 N–H and O–H groups in total. The molecule has 0 saturated carbocycles. The zero-order valence-electron chi connectivity index (χ0n) is 11.8. The molecule has 2 rings (SSSR count). The number of thiocarbonyl (C=S) groups is 1. The standard InChI is InChI=1S/C16H19N3S/c1-12-8-9-15(17-10-12)19-16(20)18-11-13(2)14-6-4-3-5-7-14/h3-10,13H,11H2,1-2H3,(H2,17,18,19,20)/t13-/m1/s1. The maximum atomic E-state index is 5.27. The van der Waals surface area contributed by atoms with Crippen molar-refractivity contribution in [3.05, 3.63) is 59.8 Å². The summed E-state index contributed by atoms with van der Waals surface area (Å²) in [4.78, 5) is 4.26. The van der Waals surface area contributed by atoms with Gasteiger partial charge in [-0.1, -0.05) is 43.3 Å². The van der Waals surface area contributed by atoms with Crippen LogP contribution in [-0.2, 0) is 0 Å².